The fraction of sp³-hybridized carbons (Fsp3) is 0.312. The topological polar surface area (TPSA) is 106 Å². The number of Topliss-reactive ketones (excluding diaryl/α,β-unsaturated/α-hetero) is 1. The molecule has 1 aromatic heterocycles. The third kappa shape index (κ3) is 4.36. The van der Waals surface area contributed by atoms with E-state index < -0.39 is 15.9 Å². The zero-order valence-corrected chi connectivity index (χ0v) is 16.7. The van der Waals surface area contributed by atoms with Gasteiger partial charge in [-0.15, -0.1) is 11.3 Å². The van der Waals surface area contributed by atoms with Crippen LogP contribution in [0, 0.1) is 0 Å². The maximum absolute atomic E-state index is 12.8. The smallest absolute Gasteiger partial charge is 0.259 e. The number of ketones is 1. The van der Waals surface area contributed by atoms with Crippen molar-refractivity contribution >= 4 is 49.8 Å². The van der Waals surface area contributed by atoms with E-state index >= 15 is 0 Å². The van der Waals surface area contributed by atoms with Crippen LogP contribution < -0.4 is 5.32 Å². The standard InChI is InChI=1S/C16H16ClN3O5S2/c1-10(21)14-9-26-16(18-14)19-15(22)12-8-11(2-3-13(12)17)27(23,24)20-4-6-25-7-5-20/h2-3,8-9H,4-7H2,1H3,(H,18,19,22). The van der Waals surface area contributed by atoms with E-state index in [-0.39, 0.29) is 45.2 Å². The van der Waals surface area contributed by atoms with Crippen molar-refractivity contribution < 1.29 is 22.7 Å². The molecule has 0 aliphatic carbocycles. The quantitative estimate of drug-likeness (QED) is 0.731. The summed E-state index contributed by atoms with van der Waals surface area (Å²) in [7, 11) is -3.76. The van der Waals surface area contributed by atoms with Crippen molar-refractivity contribution in [2.45, 2.75) is 11.8 Å². The van der Waals surface area contributed by atoms with Crippen molar-refractivity contribution in [2.75, 3.05) is 31.6 Å². The molecule has 1 aliphatic rings. The molecule has 2 aromatic rings. The molecule has 0 bridgehead atoms. The molecule has 2 heterocycles. The fourth-order valence-electron chi connectivity index (χ4n) is 2.43. The summed E-state index contributed by atoms with van der Waals surface area (Å²) in [5.41, 5.74) is 0.246. The summed E-state index contributed by atoms with van der Waals surface area (Å²) in [6.07, 6.45) is 0. The van der Waals surface area contributed by atoms with Crippen LogP contribution in [0.2, 0.25) is 5.02 Å². The first-order valence-corrected chi connectivity index (χ1v) is 10.6. The summed E-state index contributed by atoms with van der Waals surface area (Å²) in [4.78, 5) is 27.8. The van der Waals surface area contributed by atoms with E-state index in [2.05, 4.69) is 10.3 Å². The molecular weight excluding hydrogens is 414 g/mol. The van der Waals surface area contributed by atoms with Gasteiger partial charge in [-0.05, 0) is 18.2 Å². The fourth-order valence-corrected chi connectivity index (χ4v) is 4.81. The summed E-state index contributed by atoms with van der Waals surface area (Å²) < 4.78 is 32.0. The van der Waals surface area contributed by atoms with Crippen LogP contribution in [0.25, 0.3) is 0 Å². The van der Waals surface area contributed by atoms with Crippen molar-refractivity contribution in [1.29, 1.82) is 0 Å². The van der Waals surface area contributed by atoms with Crippen molar-refractivity contribution in [3.63, 3.8) is 0 Å². The van der Waals surface area contributed by atoms with E-state index in [1.54, 1.807) is 0 Å². The Balaban J connectivity index is 1.86. The molecule has 0 radical (unpaired) electrons. The monoisotopic (exact) mass is 429 g/mol. The number of hydrogen-bond donors (Lipinski definition) is 1. The second-order valence-corrected chi connectivity index (χ2v) is 8.91. The van der Waals surface area contributed by atoms with Gasteiger partial charge in [0.1, 0.15) is 5.69 Å². The molecule has 8 nitrogen and oxygen atoms in total. The van der Waals surface area contributed by atoms with E-state index in [1.165, 1.54) is 34.8 Å². The van der Waals surface area contributed by atoms with Gasteiger partial charge in [-0.25, -0.2) is 13.4 Å². The van der Waals surface area contributed by atoms with Gasteiger partial charge in [0.2, 0.25) is 10.0 Å². The van der Waals surface area contributed by atoms with E-state index in [0.29, 0.717) is 13.2 Å². The summed E-state index contributed by atoms with van der Waals surface area (Å²) in [5, 5.41) is 4.40. The molecule has 1 aliphatic heterocycles. The molecule has 0 spiro atoms. The number of morpholine rings is 1. The molecule has 0 saturated carbocycles. The highest BCUT2D eigenvalue weighted by Gasteiger charge is 2.27. The van der Waals surface area contributed by atoms with E-state index in [9.17, 15) is 18.0 Å². The first-order valence-electron chi connectivity index (χ1n) is 7.94. The Morgan fingerprint density at radius 3 is 2.63 bits per heavy atom. The number of sulfonamides is 1. The summed E-state index contributed by atoms with van der Waals surface area (Å²) >= 11 is 7.18. The Morgan fingerprint density at radius 1 is 1.30 bits per heavy atom. The number of aromatic nitrogens is 1. The van der Waals surface area contributed by atoms with E-state index in [4.69, 9.17) is 16.3 Å². The number of hydrogen-bond acceptors (Lipinski definition) is 7. The summed E-state index contributed by atoms with van der Waals surface area (Å²) in [6, 6.07) is 3.97. The van der Waals surface area contributed by atoms with Crippen molar-refractivity contribution in [1.82, 2.24) is 9.29 Å². The van der Waals surface area contributed by atoms with Crippen LogP contribution in [-0.4, -0.2) is 55.7 Å². The van der Waals surface area contributed by atoms with Crippen LogP contribution in [0.4, 0.5) is 5.13 Å². The van der Waals surface area contributed by atoms with Gasteiger partial charge in [0.05, 0.1) is 28.7 Å². The summed E-state index contributed by atoms with van der Waals surface area (Å²) in [5.74, 6) is -0.827. The van der Waals surface area contributed by atoms with E-state index in [0.717, 1.165) is 11.3 Å². The number of anilines is 1. The van der Waals surface area contributed by atoms with Gasteiger partial charge in [0.15, 0.2) is 10.9 Å². The third-order valence-corrected chi connectivity index (χ3v) is 6.86. The molecule has 1 amide bonds. The molecule has 1 aromatic carbocycles. The van der Waals surface area contributed by atoms with Crippen LogP contribution in [-0.2, 0) is 14.8 Å². The van der Waals surface area contributed by atoms with Crippen molar-refractivity contribution in [2.24, 2.45) is 0 Å². The largest absolute Gasteiger partial charge is 0.379 e. The Morgan fingerprint density at radius 2 is 2.00 bits per heavy atom. The minimum atomic E-state index is -3.76. The van der Waals surface area contributed by atoms with Crippen LogP contribution in [0.5, 0.6) is 0 Å². The molecule has 144 valence electrons. The first-order chi connectivity index (χ1) is 12.8. The van der Waals surface area contributed by atoms with Crippen molar-refractivity contribution in [3.8, 4) is 0 Å². The Bertz CT molecular complexity index is 984. The highest BCUT2D eigenvalue weighted by molar-refractivity contribution is 7.89. The number of halogens is 1. The Hall–Kier alpha value is -1.85. The number of benzene rings is 1. The molecule has 0 unspecified atom stereocenters. The molecule has 11 heteroatoms. The average Bonchev–Trinajstić information content (AvgIpc) is 3.11. The van der Waals surface area contributed by atoms with Gasteiger partial charge >= 0.3 is 0 Å². The average molecular weight is 430 g/mol. The van der Waals surface area contributed by atoms with Gasteiger partial charge in [-0.3, -0.25) is 14.9 Å². The molecule has 1 fully saturated rings. The van der Waals surface area contributed by atoms with Gasteiger partial charge in [-0.1, -0.05) is 11.6 Å². The van der Waals surface area contributed by atoms with Crippen molar-refractivity contribution in [3.05, 3.63) is 39.9 Å². The molecule has 27 heavy (non-hydrogen) atoms. The minimum Gasteiger partial charge on any atom is -0.379 e. The number of carbonyl (C=O) groups is 2. The maximum Gasteiger partial charge on any atom is 0.259 e. The van der Waals surface area contributed by atoms with Gasteiger partial charge in [-0.2, -0.15) is 4.31 Å². The lowest BCUT2D eigenvalue weighted by Gasteiger charge is -2.26. The second kappa shape index (κ2) is 8.03. The molecule has 1 saturated heterocycles. The maximum atomic E-state index is 12.8. The highest BCUT2D eigenvalue weighted by atomic mass is 35.5. The Kier molecular flexibility index (Phi) is 5.92. The van der Waals surface area contributed by atoms with Crippen LogP contribution in [0.1, 0.15) is 27.8 Å². The lowest BCUT2D eigenvalue weighted by atomic mass is 10.2. The van der Waals surface area contributed by atoms with Gasteiger partial charge in [0, 0.05) is 25.4 Å². The zero-order chi connectivity index (χ0) is 19.6. The zero-order valence-electron chi connectivity index (χ0n) is 14.3. The van der Waals surface area contributed by atoms with E-state index in [1.807, 2.05) is 0 Å². The predicted octanol–water partition coefficient (Wildman–Crippen LogP) is 2.27. The molecular formula is C16H16ClN3O5S2. The number of ether oxygens (including phenoxy) is 1. The minimum absolute atomic E-state index is 0.00516. The van der Waals surface area contributed by atoms with Crippen LogP contribution >= 0.6 is 22.9 Å². The second-order valence-electron chi connectivity index (χ2n) is 5.71. The SMILES string of the molecule is CC(=O)c1csc(NC(=O)c2cc(S(=O)(=O)N3CCOCC3)ccc2Cl)n1. The molecule has 3 rings (SSSR count). The number of carbonyl (C=O) groups excluding carboxylic acids is 2. The number of nitrogens with one attached hydrogen (secondary N) is 1. The first kappa shape index (κ1) is 19.9. The number of rotatable bonds is 5. The lowest BCUT2D eigenvalue weighted by Crippen LogP contribution is -2.40. The normalized spacial score (nSPS) is 15.5. The van der Waals surface area contributed by atoms with Crippen LogP contribution in [0.3, 0.4) is 0 Å². The Labute approximate surface area is 165 Å². The predicted molar refractivity (Wildman–Crippen MR) is 101 cm³/mol. The third-order valence-electron chi connectivity index (χ3n) is 3.88. The van der Waals surface area contributed by atoms with Crippen LogP contribution in [0.15, 0.2) is 28.5 Å². The number of thiazole rings is 1. The van der Waals surface area contributed by atoms with Gasteiger partial charge in [0.25, 0.3) is 5.91 Å². The number of nitrogens with zero attached hydrogens (tertiary/aromatic N) is 2. The number of amides is 1. The van der Waals surface area contributed by atoms with Gasteiger partial charge < -0.3 is 4.74 Å². The highest BCUT2D eigenvalue weighted by Crippen LogP contribution is 2.25. The molecule has 1 N–H and O–H groups in total. The lowest BCUT2D eigenvalue weighted by molar-refractivity contribution is 0.0730. The summed E-state index contributed by atoms with van der Waals surface area (Å²) in [6.45, 7) is 2.52. The molecule has 0 atom stereocenters.